The maximum atomic E-state index is 11.8. The van der Waals surface area contributed by atoms with Gasteiger partial charge in [0.15, 0.2) is 5.78 Å². The summed E-state index contributed by atoms with van der Waals surface area (Å²) >= 11 is 9.23. The molecule has 1 aromatic rings. The van der Waals surface area contributed by atoms with Crippen LogP contribution in [-0.4, -0.2) is 12.3 Å². The zero-order valence-electron chi connectivity index (χ0n) is 7.76. The minimum atomic E-state index is -0.203. The number of nitrogens with two attached hydrogens (primary N) is 1. The molecule has 76 valence electrons. The summed E-state index contributed by atoms with van der Waals surface area (Å²) in [4.78, 5) is 11.8. The zero-order chi connectivity index (χ0) is 10.7. The normalized spacial score (nSPS) is 12.6. The number of benzene rings is 1. The Hall–Kier alpha value is -0.380. The molecule has 0 saturated carbocycles. The van der Waals surface area contributed by atoms with Crippen LogP contribution in [0, 0.1) is 5.92 Å². The molecular formula is C10H11BrClNO. The molecule has 14 heavy (non-hydrogen) atoms. The largest absolute Gasteiger partial charge is 0.330 e. The van der Waals surface area contributed by atoms with Crippen LogP contribution < -0.4 is 5.73 Å². The van der Waals surface area contributed by atoms with Crippen molar-refractivity contribution in [3.05, 3.63) is 33.3 Å². The lowest BCUT2D eigenvalue weighted by molar-refractivity contribution is 0.0933. The van der Waals surface area contributed by atoms with Crippen LogP contribution in [-0.2, 0) is 0 Å². The van der Waals surface area contributed by atoms with Crippen LogP contribution in [0.5, 0.6) is 0 Å². The van der Waals surface area contributed by atoms with Crippen molar-refractivity contribution in [2.24, 2.45) is 11.7 Å². The lowest BCUT2D eigenvalue weighted by atomic mass is 10.00. The van der Waals surface area contributed by atoms with Gasteiger partial charge in [-0.15, -0.1) is 0 Å². The van der Waals surface area contributed by atoms with Crippen molar-refractivity contribution in [1.29, 1.82) is 0 Å². The second kappa shape index (κ2) is 4.91. The summed E-state index contributed by atoms with van der Waals surface area (Å²) in [5, 5.41) is 0.463. The van der Waals surface area contributed by atoms with E-state index in [1.807, 2.05) is 0 Å². The van der Waals surface area contributed by atoms with Gasteiger partial charge in [-0.2, -0.15) is 0 Å². The fourth-order valence-corrected chi connectivity index (χ4v) is 2.03. The van der Waals surface area contributed by atoms with Crippen LogP contribution in [0.15, 0.2) is 22.7 Å². The fraction of sp³-hybridized carbons (Fsp3) is 0.300. The van der Waals surface area contributed by atoms with Crippen molar-refractivity contribution in [2.45, 2.75) is 6.92 Å². The van der Waals surface area contributed by atoms with Crippen LogP contribution in [0.2, 0.25) is 5.02 Å². The van der Waals surface area contributed by atoms with Gasteiger partial charge in [0.1, 0.15) is 0 Å². The quantitative estimate of drug-likeness (QED) is 0.863. The van der Waals surface area contributed by atoms with E-state index < -0.39 is 0 Å². The molecule has 0 aliphatic rings. The van der Waals surface area contributed by atoms with Gasteiger partial charge in [0, 0.05) is 16.9 Å². The van der Waals surface area contributed by atoms with E-state index in [1.54, 1.807) is 25.1 Å². The topological polar surface area (TPSA) is 43.1 Å². The fourth-order valence-electron chi connectivity index (χ4n) is 1.09. The average Bonchev–Trinajstić information content (AvgIpc) is 2.16. The lowest BCUT2D eigenvalue weighted by Crippen LogP contribution is -2.21. The highest BCUT2D eigenvalue weighted by Gasteiger charge is 2.18. The smallest absolute Gasteiger partial charge is 0.169 e. The molecule has 0 saturated heterocycles. The van der Waals surface area contributed by atoms with E-state index in [1.165, 1.54) is 0 Å². The van der Waals surface area contributed by atoms with Gasteiger partial charge in [-0.05, 0) is 28.1 Å². The van der Waals surface area contributed by atoms with Gasteiger partial charge in [-0.25, -0.2) is 0 Å². The third kappa shape index (κ3) is 2.35. The Morgan fingerprint density at radius 3 is 2.79 bits per heavy atom. The summed E-state index contributed by atoms with van der Waals surface area (Å²) in [5.41, 5.74) is 5.95. The third-order valence-corrected chi connectivity index (χ3v) is 2.99. The van der Waals surface area contributed by atoms with Crippen LogP contribution >= 0.6 is 27.5 Å². The molecule has 1 aromatic carbocycles. The van der Waals surface area contributed by atoms with E-state index in [2.05, 4.69) is 15.9 Å². The first kappa shape index (κ1) is 11.7. The first-order chi connectivity index (χ1) is 6.57. The van der Waals surface area contributed by atoms with Crippen LogP contribution in [0.25, 0.3) is 0 Å². The minimum Gasteiger partial charge on any atom is -0.330 e. The van der Waals surface area contributed by atoms with Crippen molar-refractivity contribution in [3.8, 4) is 0 Å². The van der Waals surface area contributed by atoms with Crippen LogP contribution in [0.4, 0.5) is 0 Å². The molecule has 0 bridgehead atoms. The van der Waals surface area contributed by atoms with Gasteiger partial charge >= 0.3 is 0 Å². The summed E-state index contributed by atoms with van der Waals surface area (Å²) in [6.45, 7) is 2.12. The Balaban J connectivity index is 3.12. The molecule has 0 fully saturated rings. The van der Waals surface area contributed by atoms with Gasteiger partial charge in [-0.1, -0.05) is 24.6 Å². The molecule has 0 aliphatic heterocycles. The molecule has 0 spiro atoms. The summed E-state index contributed by atoms with van der Waals surface area (Å²) in [6, 6.07) is 5.28. The van der Waals surface area contributed by atoms with E-state index in [0.29, 0.717) is 17.1 Å². The predicted molar refractivity (Wildman–Crippen MR) is 61.7 cm³/mol. The highest BCUT2D eigenvalue weighted by atomic mass is 79.9. The van der Waals surface area contributed by atoms with Crippen LogP contribution in [0.3, 0.4) is 0 Å². The minimum absolute atomic E-state index is 0.0232. The SMILES string of the molecule is CC(CN)C(=O)c1c(Cl)cccc1Br. The number of carbonyl (C=O) groups is 1. The van der Waals surface area contributed by atoms with E-state index in [0.717, 1.165) is 4.47 Å². The number of hydrogen-bond donors (Lipinski definition) is 1. The molecule has 0 radical (unpaired) electrons. The Kier molecular flexibility index (Phi) is 4.11. The standard InChI is InChI=1S/C10H11BrClNO/c1-6(5-13)10(14)9-7(11)3-2-4-8(9)12/h2-4,6H,5,13H2,1H3. The number of rotatable bonds is 3. The summed E-state index contributed by atoms with van der Waals surface area (Å²) in [7, 11) is 0. The van der Waals surface area contributed by atoms with Crippen molar-refractivity contribution in [3.63, 3.8) is 0 Å². The Bertz CT molecular complexity index is 334. The van der Waals surface area contributed by atoms with Crippen LogP contribution in [0.1, 0.15) is 17.3 Å². The molecule has 2 N–H and O–H groups in total. The second-order valence-corrected chi connectivity index (χ2v) is 4.36. The summed E-state index contributed by atoms with van der Waals surface area (Å²) in [5.74, 6) is -0.226. The Morgan fingerprint density at radius 1 is 1.64 bits per heavy atom. The molecule has 0 aromatic heterocycles. The molecule has 1 atom stereocenters. The van der Waals surface area contributed by atoms with Crippen molar-refractivity contribution in [2.75, 3.05) is 6.54 Å². The first-order valence-electron chi connectivity index (χ1n) is 4.26. The predicted octanol–water partition coefficient (Wildman–Crippen LogP) is 2.88. The van der Waals surface area contributed by atoms with E-state index in [4.69, 9.17) is 17.3 Å². The molecule has 0 amide bonds. The second-order valence-electron chi connectivity index (χ2n) is 3.10. The number of ketones is 1. The molecule has 0 aliphatic carbocycles. The van der Waals surface area contributed by atoms with Crippen molar-refractivity contribution >= 4 is 33.3 Å². The van der Waals surface area contributed by atoms with E-state index in [-0.39, 0.29) is 11.7 Å². The molecular weight excluding hydrogens is 265 g/mol. The molecule has 1 rings (SSSR count). The number of hydrogen-bond acceptors (Lipinski definition) is 2. The van der Waals surface area contributed by atoms with Crippen molar-refractivity contribution < 1.29 is 4.79 Å². The maximum Gasteiger partial charge on any atom is 0.169 e. The molecule has 2 nitrogen and oxygen atoms in total. The number of carbonyl (C=O) groups excluding carboxylic acids is 1. The van der Waals surface area contributed by atoms with Gasteiger partial charge in [0.05, 0.1) is 10.6 Å². The zero-order valence-corrected chi connectivity index (χ0v) is 10.1. The monoisotopic (exact) mass is 275 g/mol. The highest BCUT2D eigenvalue weighted by Crippen LogP contribution is 2.26. The molecule has 4 heteroatoms. The Morgan fingerprint density at radius 2 is 2.29 bits per heavy atom. The van der Waals surface area contributed by atoms with E-state index >= 15 is 0 Å². The Labute approximate surface area is 96.6 Å². The van der Waals surface area contributed by atoms with Gasteiger partial charge < -0.3 is 5.73 Å². The number of halogens is 2. The molecule has 0 heterocycles. The summed E-state index contributed by atoms with van der Waals surface area (Å²) in [6.07, 6.45) is 0. The number of Topliss-reactive ketones (excluding diaryl/α,β-unsaturated/α-hetero) is 1. The third-order valence-electron chi connectivity index (χ3n) is 2.01. The van der Waals surface area contributed by atoms with Crippen molar-refractivity contribution in [1.82, 2.24) is 0 Å². The van der Waals surface area contributed by atoms with Gasteiger partial charge in [0.2, 0.25) is 0 Å². The first-order valence-corrected chi connectivity index (χ1v) is 5.43. The maximum absolute atomic E-state index is 11.8. The van der Waals surface area contributed by atoms with Gasteiger partial charge in [0.25, 0.3) is 0 Å². The van der Waals surface area contributed by atoms with Gasteiger partial charge in [-0.3, -0.25) is 4.79 Å². The lowest BCUT2D eigenvalue weighted by Gasteiger charge is -2.10. The average molecular weight is 277 g/mol. The van der Waals surface area contributed by atoms with E-state index in [9.17, 15) is 4.79 Å². The summed E-state index contributed by atoms with van der Waals surface area (Å²) < 4.78 is 0.718. The highest BCUT2D eigenvalue weighted by molar-refractivity contribution is 9.10. The molecule has 1 unspecified atom stereocenters.